The highest BCUT2D eigenvalue weighted by Gasteiger charge is 2.18. The van der Waals surface area contributed by atoms with Crippen molar-refractivity contribution < 1.29 is 4.39 Å². The van der Waals surface area contributed by atoms with E-state index in [1.165, 1.54) is 31.9 Å². The standard InChI is InChI=1S/C16H21FN2/c1-18-9-3-2-4-15(18)8-11-19-10-7-13-5-6-14(17)12-16(13)19/h5-7,10,12,15H,2-4,8-9,11H2,1H3. The largest absolute Gasteiger partial charge is 0.347 e. The molecule has 0 bridgehead atoms. The third-order valence-corrected chi connectivity index (χ3v) is 4.36. The number of rotatable bonds is 3. The van der Waals surface area contributed by atoms with Gasteiger partial charge in [-0.2, -0.15) is 0 Å². The molecular weight excluding hydrogens is 239 g/mol. The monoisotopic (exact) mass is 260 g/mol. The minimum atomic E-state index is -0.151. The van der Waals surface area contributed by atoms with Crippen LogP contribution in [0.5, 0.6) is 0 Å². The van der Waals surface area contributed by atoms with Crippen LogP contribution in [0.3, 0.4) is 0 Å². The summed E-state index contributed by atoms with van der Waals surface area (Å²) in [5.74, 6) is -0.151. The first-order valence-electron chi connectivity index (χ1n) is 7.19. The van der Waals surface area contributed by atoms with Crippen molar-refractivity contribution in [2.24, 2.45) is 0 Å². The maximum atomic E-state index is 13.3. The van der Waals surface area contributed by atoms with Gasteiger partial charge in [-0.25, -0.2) is 4.39 Å². The van der Waals surface area contributed by atoms with Gasteiger partial charge in [0.2, 0.25) is 0 Å². The molecule has 1 aromatic carbocycles. The number of fused-ring (bicyclic) bond motifs is 1. The fourth-order valence-electron chi connectivity index (χ4n) is 3.15. The average Bonchev–Trinajstić information content (AvgIpc) is 2.80. The molecule has 102 valence electrons. The number of hydrogen-bond acceptors (Lipinski definition) is 1. The van der Waals surface area contributed by atoms with E-state index in [0.717, 1.165) is 23.9 Å². The molecule has 2 nitrogen and oxygen atoms in total. The van der Waals surface area contributed by atoms with E-state index in [1.807, 2.05) is 6.07 Å². The second kappa shape index (κ2) is 5.33. The maximum absolute atomic E-state index is 13.3. The Hall–Kier alpha value is -1.35. The molecule has 1 aliphatic heterocycles. The third-order valence-electron chi connectivity index (χ3n) is 4.36. The molecule has 0 aliphatic carbocycles. The van der Waals surface area contributed by atoms with Crippen molar-refractivity contribution in [3.63, 3.8) is 0 Å². The van der Waals surface area contributed by atoms with Gasteiger partial charge in [-0.3, -0.25) is 0 Å². The second-order valence-corrected chi connectivity index (χ2v) is 5.63. The average molecular weight is 260 g/mol. The van der Waals surface area contributed by atoms with Gasteiger partial charge in [0.05, 0.1) is 5.52 Å². The van der Waals surface area contributed by atoms with Gasteiger partial charge in [0, 0.05) is 18.8 Å². The van der Waals surface area contributed by atoms with Gasteiger partial charge in [-0.1, -0.05) is 6.42 Å². The zero-order chi connectivity index (χ0) is 13.2. The molecule has 3 rings (SSSR count). The van der Waals surface area contributed by atoms with E-state index in [0.29, 0.717) is 6.04 Å². The van der Waals surface area contributed by atoms with Crippen LogP contribution in [0.25, 0.3) is 10.9 Å². The van der Waals surface area contributed by atoms with Crippen LogP contribution in [0.4, 0.5) is 4.39 Å². The Kier molecular flexibility index (Phi) is 3.56. The highest BCUT2D eigenvalue weighted by molar-refractivity contribution is 5.80. The highest BCUT2D eigenvalue weighted by Crippen LogP contribution is 2.21. The predicted molar refractivity (Wildman–Crippen MR) is 76.8 cm³/mol. The number of benzene rings is 1. The lowest BCUT2D eigenvalue weighted by molar-refractivity contribution is 0.171. The number of aryl methyl sites for hydroxylation is 1. The van der Waals surface area contributed by atoms with E-state index >= 15 is 0 Å². The van der Waals surface area contributed by atoms with Crippen LogP contribution in [0.2, 0.25) is 0 Å². The summed E-state index contributed by atoms with van der Waals surface area (Å²) in [6.45, 7) is 2.19. The summed E-state index contributed by atoms with van der Waals surface area (Å²) in [4.78, 5) is 2.47. The van der Waals surface area contributed by atoms with Gasteiger partial charge in [0.15, 0.2) is 0 Å². The summed E-state index contributed by atoms with van der Waals surface area (Å²) >= 11 is 0. The Morgan fingerprint density at radius 3 is 3.00 bits per heavy atom. The van der Waals surface area contributed by atoms with Crippen LogP contribution in [0.15, 0.2) is 30.5 Å². The van der Waals surface area contributed by atoms with Crippen molar-refractivity contribution in [3.8, 4) is 0 Å². The van der Waals surface area contributed by atoms with Crippen LogP contribution in [-0.2, 0) is 6.54 Å². The van der Waals surface area contributed by atoms with Crippen LogP contribution in [-0.4, -0.2) is 29.1 Å². The Morgan fingerprint density at radius 1 is 1.26 bits per heavy atom. The Morgan fingerprint density at radius 2 is 2.16 bits per heavy atom. The lowest BCUT2D eigenvalue weighted by Gasteiger charge is -2.32. The van der Waals surface area contributed by atoms with Gasteiger partial charge in [0.25, 0.3) is 0 Å². The molecule has 0 amide bonds. The summed E-state index contributed by atoms with van der Waals surface area (Å²) in [6, 6.07) is 7.77. The summed E-state index contributed by atoms with van der Waals surface area (Å²) in [5.41, 5.74) is 1.01. The van der Waals surface area contributed by atoms with Crippen molar-refractivity contribution in [1.29, 1.82) is 0 Å². The minimum absolute atomic E-state index is 0.151. The lowest BCUT2D eigenvalue weighted by atomic mass is 10.0. The maximum Gasteiger partial charge on any atom is 0.125 e. The summed E-state index contributed by atoms with van der Waals surface area (Å²) < 4.78 is 15.5. The SMILES string of the molecule is CN1CCCCC1CCn1ccc2ccc(F)cc21. The number of halogens is 1. The summed E-state index contributed by atoms with van der Waals surface area (Å²) in [7, 11) is 2.22. The molecule has 1 aromatic heterocycles. The fourth-order valence-corrected chi connectivity index (χ4v) is 3.15. The van der Waals surface area contributed by atoms with Gasteiger partial charge in [-0.15, -0.1) is 0 Å². The van der Waals surface area contributed by atoms with Crippen LogP contribution in [0, 0.1) is 5.82 Å². The Bertz CT molecular complexity index is 561. The van der Waals surface area contributed by atoms with Crippen LogP contribution >= 0.6 is 0 Å². The molecule has 0 saturated carbocycles. The van der Waals surface area contributed by atoms with E-state index in [1.54, 1.807) is 6.07 Å². The van der Waals surface area contributed by atoms with E-state index < -0.39 is 0 Å². The molecule has 1 fully saturated rings. The Labute approximate surface area is 113 Å². The molecule has 1 aliphatic rings. The Balaban J connectivity index is 1.72. The number of nitrogens with zero attached hydrogens (tertiary/aromatic N) is 2. The fraction of sp³-hybridized carbons (Fsp3) is 0.500. The molecule has 1 saturated heterocycles. The van der Waals surface area contributed by atoms with E-state index in [4.69, 9.17) is 0 Å². The first kappa shape index (κ1) is 12.7. The van der Waals surface area contributed by atoms with Gasteiger partial charge < -0.3 is 9.47 Å². The first-order chi connectivity index (χ1) is 9.24. The van der Waals surface area contributed by atoms with Gasteiger partial charge in [-0.05, 0) is 62.5 Å². The number of piperidine rings is 1. The number of likely N-dealkylation sites (tertiary alicyclic amines) is 1. The lowest BCUT2D eigenvalue weighted by Crippen LogP contribution is -2.36. The highest BCUT2D eigenvalue weighted by atomic mass is 19.1. The van der Waals surface area contributed by atoms with Crippen LogP contribution < -0.4 is 0 Å². The number of aromatic nitrogens is 1. The summed E-state index contributed by atoms with van der Waals surface area (Å²) in [6.07, 6.45) is 7.19. The van der Waals surface area contributed by atoms with Gasteiger partial charge in [0.1, 0.15) is 5.82 Å². The van der Waals surface area contributed by atoms with Crippen molar-refractivity contribution in [1.82, 2.24) is 9.47 Å². The molecule has 2 aromatic rings. The molecule has 0 N–H and O–H groups in total. The molecule has 1 atom stereocenters. The molecule has 3 heteroatoms. The number of hydrogen-bond donors (Lipinski definition) is 0. The topological polar surface area (TPSA) is 8.17 Å². The molecule has 0 spiro atoms. The summed E-state index contributed by atoms with van der Waals surface area (Å²) in [5, 5.41) is 1.12. The van der Waals surface area contributed by atoms with Crippen molar-refractivity contribution in [2.75, 3.05) is 13.6 Å². The predicted octanol–water partition coefficient (Wildman–Crippen LogP) is 3.65. The van der Waals surface area contributed by atoms with Crippen molar-refractivity contribution >= 4 is 10.9 Å². The molecule has 19 heavy (non-hydrogen) atoms. The van der Waals surface area contributed by atoms with Gasteiger partial charge >= 0.3 is 0 Å². The molecule has 2 heterocycles. The third kappa shape index (κ3) is 2.66. The van der Waals surface area contributed by atoms with Crippen molar-refractivity contribution in [3.05, 3.63) is 36.3 Å². The quantitative estimate of drug-likeness (QED) is 0.817. The molecule has 1 unspecified atom stereocenters. The van der Waals surface area contributed by atoms with E-state index in [9.17, 15) is 4.39 Å². The minimum Gasteiger partial charge on any atom is -0.347 e. The zero-order valence-corrected chi connectivity index (χ0v) is 11.5. The zero-order valence-electron chi connectivity index (χ0n) is 11.5. The molecular formula is C16H21FN2. The first-order valence-corrected chi connectivity index (χ1v) is 7.19. The van der Waals surface area contributed by atoms with E-state index in [-0.39, 0.29) is 5.82 Å². The van der Waals surface area contributed by atoms with Crippen LogP contribution in [0.1, 0.15) is 25.7 Å². The normalized spacial score (nSPS) is 21.1. The van der Waals surface area contributed by atoms with Crippen molar-refractivity contribution in [2.45, 2.75) is 38.3 Å². The smallest absolute Gasteiger partial charge is 0.125 e. The second-order valence-electron chi connectivity index (χ2n) is 5.63. The molecule has 0 radical (unpaired) electrons. The van der Waals surface area contributed by atoms with E-state index in [2.05, 4.69) is 28.8 Å².